The average molecular weight is 437 g/mol. The minimum Gasteiger partial charge on any atom is -0.339 e. The van der Waals surface area contributed by atoms with E-state index in [0.29, 0.717) is 25.9 Å². The summed E-state index contributed by atoms with van der Waals surface area (Å²) < 4.78 is 0. The summed E-state index contributed by atoms with van der Waals surface area (Å²) in [6, 6.07) is 15.5. The van der Waals surface area contributed by atoms with Gasteiger partial charge in [0.1, 0.15) is 0 Å². The van der Waals surface area contributed by atoms with E-state index >= 15 is 0 Å². The molecule has 1 amide bonds. The molecule has 154 valence electrons. The number of thioether (sulfide) groups is 1. The summed E-state index contributed by atoms with van der Waals surface area (Å²) in [6.07, 6.45) is 1.43. The van der Waals surface area contributed by atoms with Gasteiger partial charge in [-0.1, -0.05) is 42.0 Å². The van der Waals surface area contributed by atoms with Crippen LogP contribution in [0.1, 0.15) is 44.8 Å². The van der Waals surface area contributed by atoms with Crippen LogP contribution in [0.15, 0.2) is 64.3 Å². The van der Waals surface area contributed by atoms with Crippen LogP contribution in [0.2, 0.25) is 0 Å². The summed E-state index contributed by atoms with van der Waals surface area (Å²) in [5.74, 6) is 0.992. The fourth-order valence-electron chi connectivity index (χ4n) is 3.70. The number of carbonyl (C=O) groups excluding carboxylic acids is 2. The van der Waals surface area contributed by atoms with Gasteiger partial charge in [-0.15, -0.1) is 23.1 Å². The lowest BCUT2D eigenvalue weighted by molar-refractivity contribution is 0.0647. The van der Waals surface area contributed by atoms with Gasteiger partial charge in [-0.05, 0) is 31.9 Å². The summed E-state index contributed by atoms with van der Waals surface area (Å²) >= 11 is 3.23. The Labute approximate surface area is 185 Å². The number of hydrogen-bond donors (Lipinski definition) is 0. The maximum absolute atomic E-state index is 13.2. The van der Waals surface area contributed by atoms with Crippen LogP contribution in [0.4, 0.5) is 0 Å². The lowest BCUT2D eigenvalue weighted by Gasteiger charge is -2.31. The first kappa shape index (κ1) is 20.8. The number of rotatable bonds is 6. The van der Waals surface area contributed by atoms with Crippen molar-refractivity contribution in [3.63, 3.8) is 0 Å². The molecule has 0 aliphatic carbocycles. The zero-order valence-electron chi connectivity index (χ0n) is 16.9. The minimum atomic E-state index is -0.00830. The predicted octanol–water partition coefficient (Wildman–Crippen LogP) is 5.48. The summed E-state index contributed by atoms with van der Waals surface area (Å²) in [4.78, 5) is 33.2. The summed E-state index contributed by atoms with van der Waals surface area (Å²) in [5.41, 5.74) is 5.52. The molecule has 1 aromatic heterocycles. The molecule has 1 aliphatic heterocycles. The van der Waals surface area contributed by atoms with Crippen LogP contribution >= 0.6 is 23.1 Å². The second kappa shape index (κ2) is 9.58. The Morgan fingerprint density at radius 2 is 1.83 bits per heavy atom. The van der Waals surface area contributed by atoms with E-state index in [9.17, 15) is 9.59 Å². The normalized spacial score (nSPS) is 14.6. The van der Waals surface area contributed by atoms with E-state index in [1.165, 1.54) is 0 Å². The molecule has 0 saturated carbocycles. The predicted molar refractivity (Wildman–Crippen MR) is 122 cm³/mol. The highest BCUT2D eigenvalue weighted by Crippen LogP contribution is 2.29. The quantitative estimate of drug-likeness (QED) is 0.379. The van der Waals surface area contributed by atoms with Gasteiger partial charge < -0.3 is 4.90 Å². The molecule has 4 nitrogen and oxygen atoms in total. The first-order valence-electron chi connectivity index (χ1n) is 10.1. The number of carbonyl (C=O) groups is 2. The number of hydrogen-bond acceptors (Lipinski definition) is 5. The molecule has 0 radical (unpaired) electrons. The van der Waals surface area contributed by atoms with Gasteiger partial charge in [-0.2, -0.15) is 0 Å². The smallest absolute Gasteiger partial charge is 0.254 e. The third-order valence-electron chi connectivity index (χ3n) is 5.47. The maximum atomic E-state index is 13.2. The van der Waals surface area contributed by atoms with Gasteiger partial charge in [0.2, 0.25) is 0 Å². The van der Waals surface area contributed by atoms with E-state index in [2.05, 4.69) is 4.98 Å². The van der Waals surface area contributed by atoms with Crippen LogP contribution in [0.5, 0.6) is 0 Å². The van der Waals surface area contributed by atoms with Crippen molar-refractivity contribution in [3.8, 4) is 0 Å². The van der Waals surface area contributed by atoms with Crippen molar-refractivity contribution >= 4 is 34.8 Å². The van der Waals surface area contributed by atoms with E-state index < -0.39 is 0 Å². The fraction of sp³-hybridized carbons (Fsp3) is 0.292. The first-order valence-corrected chi connectivity index (χ1v) is 12.0. The number of aromatic nitrogens is 1. The van der Waals surface area contributed by atoms with Crippen molar-refractivity contribution in [1.82, 2.24) is 9.88 Å². The molecule has 0 spiro atoms. The third-order valence-corrected chi connectivity index (χ3v) is 7.21. The summed E-state index contributed by atoms with van der Waals surface area (Å²) in [5, 5.41) is 2.03. The number of piperidine rings is 1. The zero-order chi connectivity index (χ0) is 20.9. The average Bonchev–Trinajstić information content (AvgIpc) is 3.31. The number of benzene rings is 2. The van der Waals surface area contributed by atoms with E-state index in [-0.39, 0.29) is 17.6 Å². The number of thiazole rings is 1. The molecule has 3 aromatic rings. The van der Waals surface area contributed by atoms with Gasteiger partial charge in [-0.25, -0.2) is 4.98 Å². The third kappa shape index (κ3) is 4.82. The molecule has 0 bridgehead atoms. The maximum Gasteiger partial charge on any atom is 0.254 e. The van der Waals surface area contributed by atoms with Crippen LogP contribution in [0.3, 0.4) is 0 Å². The lowest BCUT2D eigenvalue weighted by atomic mass is 9.88. The molecule has 1 aliphatic rings. The molecule has 0 unspecified atom stereocenters. The Morgan fingerprint density at radius 1 is 1.10 bits per heavy atom. The Bertz CT molecular complexity index is 1010. The Balaban J connectivity index is 1.38. The second-order valence-corrected chi connectivity index (χ2v) is 9.30. The lowest BCUT2D eigenvalue weighted by Crippen LogP contribution is -2.40. The SMILES string of the molecule is Cc1ccc(C(=O)C2CCN(C(=O)c3ccccc3SCc3cscn3)CC2)cc1. The Hall–Kier alpha value is -2.44. The zero-order valence-corrected chi connectivity index (χ0v) is 18.5. The molecule has 2 aromatic carbocycles. The monoisotopic (exact) mass is 436 g/mol. The van der Waals surface area contributed by atoms with Gasteiger partial charge in [0.15, 0.2) is 5.78 Å². The molecule has 0 atom stereocenters. The number of amides is 1. The number of nitrogens with zero attached hydrogens (tertiary/aromatic N) is 2. The van der Waals surface area contributed by atoms with Gasteiger partial charge in [-0.3, -0.25) is 9.59 Å². The number of aryl methyl sites for hydroxylation is 1. The second-order valence-electron chi connectivity index (χ2n) is 7.56. The van der Waals surface area contributed by atoms with Gasteiger partial charge >= 0.3 is 0 Å². The fourth-order valence-corrected chi connectivity index (χ4v) is 5.31. The van der Waals surface area contributed by atoms with Gasteiger partial charge in [0.05, 0.1) is 16.8 Å². The van der Waals surface area contributed by atoms with E-state index in [1.807, 2.05) is 71.2 Å². The van der Waals surface area contributed by atoms with Crippen LogP contribution in [-0.2, 0) is 5.75 Å². The van der Waals surface area contributed by atoms with Gasteiger partial charge in [0, 0.05) is 40.6 Å². The Kier molecular flexibility index (Phi) is 6.65. The molecular weight excluding hydrogens is 412 g/mol. The standard InChI is InChI=1S/C24H24N2O2S2/c1-17-6-8-18(9-7-17)23(27)19-10-12-26(13-11-19)24(28)21-4-2-3-5-22(21)30-15-20-14-29-16-25-20/h2-9,14,16,19H,10-13,15H2,1H3. The summed E-state index contributed by atoms with van der Waals surface area (Å²) in [7, 11) is 0. The molecule has 0 N–H and O–H groups in total. The number of likely N-dealkylation sites (tertiary alicyclic amines) is 1. The van der Waals surface area contributed by atoms with Gasteiger partial charge in [0.25, 0.3) is 5.91 Å². The van der Waals surface area contributed by atoms with Crippen molar-refractivity contribution in [1.29, 1.82) is 0 Å². The van der Waals surface area contributed by atoms with Crippen LogP contribution < -0.4 is 0 Å². The van der Waals surface area contributed by atoms with Crippen molar-refractivity contribution in [2.45, 2.75) is 30.4 Å². The highest BCUT2D eigenvalue weighted by atomic mass is 32.2. The molecule has 30 heavy (non-hydrogen) atoms. The molecule has 4 rings (SSSR count). The Morgan fingerprint density at radius 3 is 2.53 bits per heavy atom. The van der Waals surface area contributed by atoms with E-state index in [1.54, 1.807) is 23.1 Å². The number of Topliss-reactive ketones (excluding diaryl/α,β-unsaturated/α-hetero) is 1. The van der Waals surface area contributed by atoms with E-state index in [4.69, 9.17) is 0 Å². The van der Waals surface area contributed by atoms with Crippen LogP contribution in [-0.4, -0.2) is 34.7 Å². The van der Waals surface area contributed by atoms with Crippen molar-refractivity contribution < 1.29 is 9.59 Å². The van der Waals surface area contributed by atoms with Crippen LogP contribution in [0.25, 0.3) is 0 Å². The minimum absolute atomic E-state index is 0.00830. The van der Waals surface area contributed by atoms with E-state index in [0.717, 1.165) is 33.0 Å². The van der Waals surface area contributed by atoms with Crippen LogP contribution in [0, 0.1) is 12.8 Å². The molecule has 2 heterocycles. The highest BCUT2D eigenvalue weighted by molar-refractivity contribution is 7.98. The van der Waals surface area contributed by atoms with Crippen molar-refractivity contribution in [2.75, 3.05) is 13.1 Å². The molecule has 1 saturated heterocycles. The van der Waals surface area contributed by atoms with Crippen molar-refractivity contribution in [2.24, 2.45) is 5.92 Å². The largest absolute Gasteiger partial charge is 0.339 e. The summed E-state index contributed by atoms with van der Waals surface area (Å²) in [6.45, 7) is 3.25. The topological polar surface area (TPSA) is 50.3 Å². The molecule has 6 heteroatoms. The highest BCUT2D eigenvalue weighted by Gasteiger charge is 2.29. The first-order chi connectivity index (χ1) is 14.6. The molecular formula is C24H24N2O2S2. The van der Waals surface area contributed by atoms with Crippen molar-refractivity contribution in [3.05, 3.63) is 81.8 Å². The number of ketones is 1. The molecule has 1 fully saturated rings.